The highest BCUT2D eigenvalue weighted by molar-refractivity contribution is 5.53. The third-order valence-corrected chi connectivity index (χ3v) is 3.04. The summed E-state index contributed by atoms with van der Waals surface area (Å²) in [5.74, 6) is -6.09. The normalized spacial score (nSPS) is 12.9. The van der Waals surface area contributed by atoms with Crippen LogP contribution in [0.5, 0.6) is 0 Å². The summed E-state index contributed by atoms with van der Waals surface area (Å²) in [6.07, 6.45) is -3.24. The zero-order valence-electron chi connectivity index (χ0n) is 11.3. The van der Waals surface area contributed by atoms with Crippen LogP contribution in [0.3, 0.4) is 0 Å². The highest BCUT2D eigenvalue weighted by atomic mass is 16.7. The molecule has 0 aliphatic carbocycles. The second-order valence-electron chi connectivity index (χ2n) is 4.58. The lowest BCUT2D eigenvalue weighted by Gasteiger charge is -2.17. The van der Waals surface area contributed by atoms with Gasteiger partial charge in [0.05, 0.1) is 29.1 Å². The second kappa shape index (κ2) is 6.62. The average Bonchev–Trinajstić information content (AvgIpc) is 2.41. The molecule has 16 heteroatoms. The summed E-state index contributed by atoms with van der Waals surface area (Å²) in [5, 5.41) is 53.6. The first-order valence-corrected chi connectivity index (χ1v) is 5.54. The number of nitrogens with zero attached hydrogens (tertiary/aromatic N) is 5. The van der Waals surface area contributed by atoms with E-state index in [1.54, 1.807) is 0 Å². The summed E-state index contributed by atoms with van der Waals surface area (Å²) in [6, 6.07) is 0. The minimum atomic E-state index is -4.04. The van der Waals surface area contributed by atoms with Crippen LogP contribution >= 0.6 is 0 Å². The molecule has 23 heavy (non-hydrogen) atoms. The summed E-state index contributed by atoms with van der Waals surface area (Å²) < 4.78 is 0. The Hall–Kier alpha value is -3.33. The van der Waals surface area contributed by atoms with Crippen molar-refractivity contribution in [1.82, 2.24) is 0 Å². The Kier molecular flexibility index (Phi) is 5.66. The topological polar surface area (TPSA) is 233 Å². The quantitative estimate of drug-likeness (QED) is 0.209. The molecule has 0 rings (SSSR count). The van der Waals surface area contributed by atoms with E-state index >= 15 is 0 Å². The highest BCUT2D eigenvalue weighted by Gasteiger charge is 2.72. The number of nitro groups is 5. The summed E-state index contributed by atoms with van der Waals surface area (Å²) in [5.41, 5.74) is -3.00. The Morgan fingerprint density at radius 3 is 1.35 bits per heavy atom. The van der Waals surface area contributed by atoms with Gasteiger partial charge in [-0.15, -0.1) is 0 Å². The van der Waals surface area contributed by atoms with Gasteiger partial charge in [0.15, 0.2) is 21.2 Å². The molecule has 0 aromatic rings. The molecule has 0 saturated carbocycles. The van der Waals surface area contributed by atoms with E-state index in [4.69, 9.17) is 0 Å². The van der Waals surface area contributed by atoms with Gasteiger partial charge in [-0.3, -0.25) is 50.6 Å². The Morgan fingerprint density at radius 2 is 1.13 bits per heavy atom. The molecule has 0 aliphatic rings. The SMILES string of the molecule is CC(CC(C=O)CC([N+](=O)[O-])([N+](=O)[O-])[N+](=O)[O-])([N+](=O)[O-])[N+](=O)[O-]. The molecule has 0 heterocycles. The van der Waals surface area contributed by atoms with Gasteiger partial charge in [0.1, 0.15) is 6.29 Å². The van der Waals surface area contributed by atoms with Gasteiger partial charge in [0.2, 0.25) is 0 Å². The van der Waals surface area contributed by atoms with Gasteiger partial charge >= 0.3 is 11.4 Å². The number of carbonyl (C=O) groups is 1. The molecular formula is C7H9N5O11. The molecule has 1 unspecified atom stereocenters. The third kappa shape index (κ3) is 3.47. The second-order valence-corrected chi connectivity index (χ2v) is 4.58. The Balaban J connectivity index is 5.81. The summed E-state index contributed by atoms with van der Waals surface area (Å²) >= 11 is 0. The first-order chi connectivity index (χ1) is 10.4. The van der Waals surface area contributed by atoms with E-state index < -0.39 is 54.8 Å². The molecule has 0 radical (unpaired) electrons. The van der Waals surface area contributed by atoms with Crippen LogP contribution in [-0.4, -0.2) is 42.4 Å². The largest absolute Gasteiger partial charge is 0.700 e. The van der Waals surface area contributed by atoms with Crippen LogP contribution in [0.4, 0.5) is 0 Å². The fraction of sp³-hybridized carbons (Fsp3) is 0.857. The van der Waals surface area contributed by atoms with Gasteiger partial charge in [-0.05, 0) is 0 Å². The fourth-order valence-corrected chi connectivity index (χ4v) is 1.66. The van der Waals surface area contributed by atoms with Crippen molar-refractivity contribution in [2.45, 2.75) is 31.2 Å². The molecule has 0 bridgehead atoms. The Bertz CT molecular complexity index is 523. The van der Waals surface area contributed by atoms with Gasteiger partial charge in [0.25, 0.3) is 0 Å². The van der Waals surface area contributed by atoms with Crippen molar-refractivity contribution in [3.63, 3.8) is 0 Å². The van der Waals surface area contributed by atoms with E-state index in [0.717, 1.165) is 0 Å². The average molecular weight is 339 g/mol. The molecule has 0 spiro atoms. The van der Waals surface area contributed by atoms with Crippen LogP contribution in [0, 0.1) is 56.5 Å². The molecule has 128 valence electrons. The highest BCUT2D eigenvalue weighted by Crippen LogP contribution is 2.29. The van der Waals surface area contributed by atoms with E-state index in [2.05, 4.69) is 0 Å². The number of aldehydes is 1. The predicted molar refractivity (Wildman–Crippen MR) is 64.9 cm³/mol. The maximum atomic E-state index is 10.9. The molecule has 1 atom stereocenters. The summed E-state index contributed by atoms with van der Waals surface area (Å²) in [4.78, 5) is 56.1. The molecule has 16 nitrogen and oxygen atoms in total. The Labute approximate surface area is 124 Å². The van der Waals surface area contributed by atoms with Crippen LogP contribution in [0.25, 0.3) is 0 Å². The van der Waals surface area contributed by atoms with Crippen molar-refractivity contribution in [3.8, 4) is 0 Å². The molecule has 0 aromatic carbocycles. The molecular weight excluding hydrogens is 330 g/mol. The first-order valence-electron chi connectivity index (χ1n) is 5.54. The third-order valence-electron chi connectivity index (χ3n) is 3.04. The fourth-order valence-electron chi connectivity index (χ4n) is 1.66. The minimum absolute atomic E-state index is 0.267. The summed E-state index contributed by atoms with van der Waals surface area (Å²) in [6.45, 7) is 0.468. The van der Waals surface area contributed by atoms with Crippen molar-refractivity contribution < 1.29 is 29.4 Å². The first kappa shape index (κ1) is 19.7. The molecule has 0 N–H and O–H groups in total. The van der Waals surface area contributed by atoms with Crippen LogP contribution in [0.1, 0.15) is 19.8 Å². The monoisotopic (exact) mass is 339 g/mol. The smallest absolute Gasteiger partial charge is 0.303 e. The maximum absolute atomic E-state index is 10.9. The lowest BCUT2D eigenvalue weighted by Crippen LogP contribution is -2.55. The number of carbonyl (C=O) groups excluding carboxylic acids is 1. The van der Waals surface area contributed by atoms with Crippen molar-refractivity contribution in [3.05, 3.63) is 50.6 Å². The standard InChI is InChI=1S/C7H9N5O11/c1-6(8(14)15,9(16)17)2-5(4-13)3-7(10(18)19,11(20)21)12(22)23/h4-5H,2-3H2,1H3. The van der Waals surface area contributed by atoms with Crippen molar-refractivity contribution in [1.29, 1.82) is 0 Å². The molecule has 0 amide bonds. The number of hydrogen-bond acceptors (Lipinski definition) is 11. The van der Waals surface area contributed by atoms with Gasteiger partial charge in [-0.1, -0.05) is 0 Å². The molecule has 0 aliphatic heterocycles. The number of hydrogen-bond donors (Lipinski definition) is 0. The van der Waals surface area contributed by atoms with Crippen molar-refractivity contribution in [2.75, 3.05) is 0 Å². The lowest BCUT2D eigenvalue weighted by molar-refractivity contribution is -0.971. The maximum Gasteiger partial charge on any atom is 0.700 e. The molecule has 0 saturated heterocycles. The number of rotatable bonds is 10. The van der Waals surface area contributed by atoms with Gasteiger partial charge < -0.3 is 4.79 Å². The van der Waals surface area contributed by atoms with Gasteiger partial charge in [-0.25, -0.2) is 0 Å². The van der Waals surface area contributed by atoms with Crippen molar-refractivity contribution in [2.24, 2.45) is 5.92 Å². The van der Waals surface area contributed by atoms with Crippen LogP contribution in [-0.2, 0) is 4.79 Å². The summed E-state index contributed by atoms with van der Waals surface area (Å²) in [7, 11) is 0. The Morgan fingerprint density at radius 1 is 0.783 bits per heavy atom. The lowest BCUT2D eigenvalue weighted by atomic mass is 9.92. The van der Waals surface area contributed by atoms with E-state index in [1.165, 1.54) is 0 Å². The zero-order chi connectivity index (χ0) is 18.6. The van der Waals surface area contributed by atoms with Gasteiger partial charge in [0, 0.05) is 0 Å². The van der Waals surface area contributed by atoms with Crippen LogP contribution in [0.15, 0.2) is 0 Å². The van der Waals surface area contributed by atoms with Gasteiger partial charge in [-0.2, -0.15) is 0 Å². The minimum Gasteiger partial charge on any atom is -0.303 e. The van der Waals surface area contributed by atoms with E-state index in [-0.39, 0.29) is 6.29 Å². The zero-order valence-corrected chi connectivity index (χ0v) is 11.3. The van der Waals surface area contributed by atoms with E-state index in [1.807, 2.05) is 0 Å². The van der Waals surface area contributed by atoms with Crippen molar-refractivity contribution >= 4 is 6.29 Å². The predicted octanol–water partition coefficient (Wildman–Crippen LogP) is -0.665. The molecule has 0 aromatic heterocycles. The van der Waals surface area contributed by atoms with E-state index in [9.17, 15) is 55.4 Å². The van der Waals surface area contributed by atoms with Crippen LogP contribution < -0.4 is 0 Å². The molecule has 0 fully saturated rings. The van der Waals surface area contributed by atoms with Crippen LogP contribution in [0.2, 0.25) is 0 Å². The van der Waals surface area contributed by atoms with E-state index in [0.29, 0.717) is 6.92 Å².